The molecule has 0 aromatic carbocycles. The van der Waals surface area contributed by atoms with Crippen LogP contribution in [0.25, 0.3) is 0 Å². The van der Waals surface area contributed by atoms with E-state index >= 15 is 0 Å². The predicted octanol–water partition coefficient (Wildman–Crippen LogP) is 0.611. The summed E-state index contributed by atoms with van der Waals surface area (Å²) in [7, 11) is 0. The molecule has 0 aromatic rings. The molecule has 1 unspecified atom stereocenters. The molecule has 1 aliphatic carbocycles. The zero-order valence-corrected chi connectivity index (χ0v) is 11.8. The second-order valence-corrected chi connectivity index (χ2v) is 5.61. The first-order valence-corrected chi connectivity index (χ1v) is 7.51. The molecule has 6 heteroatoms. The molecule has 6 nitrogen and oxygen atoms in total. The van der Waals surface area contributed by atoms with Crippen LogP contribution < -0.4 is 5.32 Å². The average Bonchev–Trinajstić information content (AvgIpc) is 3.22. The number of nitrogens with zero attached hydrogens (tertiary/aromatic N) is 1. The van der Waals surface area contributed by atoms with Crippen molar-refractivity contribution in [3.8, 4) is 0 Å². The highest BCUT2D eigenvalue weighted by Gasteiger charge is 2.32. The molecule has 2 aliphatic rings. The van der Waals surface area contributed by atoms with Gasteiger partial charge in [0.05, 0.1) is 13.2 Å². The van der Waals surface area contributed by atoms with Crippen LogP contribution >= 0.6 is 0 Å². The maximum absolute atomic E-state index is 12.1. The minimum Gasteiger partial charge on any atom is -0.481 e. The Morgan fingerprint density at radius 3 is 2.75 bits per heavy atom. The predicted molar refractivity (Wildman–Crippen MR) is 73.4 cm³/mol. The van der Waals surface area contributed by atoms with E-state index in [9.17, 15) is 9.59 Å². The van der Waals surface area contributed by atoms with Crippen LogP contribution in [-0.2, 0) is 14.3 Å². The van der Waals surface area contributed by atoms with Crippen LogP contribution in [0.1, 0.15) is 38.5 Å². The van der Waals surface area contributed by atoms with Crippen LogP contribution in [0.2, 0.25) is 0 Å². The Morgan fingerprint density at radius 1 is 1.25 bits per heavy atom. The molecule has 0 aromatic heterocycles. The van der Waals surface area contributed by atoms with Gasteiger partial charge in [-0.05, 0) is 32.2 Å². The fourth-order valence-electron chi connectivity index (χ4n) is 2.44. The van der Waals surface area contributed by atoms with Gasteiger partial charge in [0.2, 0.25) is 5.91 Å². The van der Waals surface area contributed by atoms with Gasteiger partial charge in [-0.2, -0.15) is 0 Å². The fourth-order valence-corrected chi connectivity index (χ4v) is 2.44. The first-order valence-electron chi connectivity index (χ1n) is 7.51. The average molecular weight is 284 g/mol. The first-order chi connectivity index (χ1) is 9.66. The van der Waals surface area contributed by atoms with Crippen LogP contribution in [0.3, 0.4) is 0 Å². The summed E-state index contributed by atoms with van der Waals surface area (Å²) in [4.78, 5) is 24.7. The van der Waals surface area contributed by atoms with Crippen molar-refractivity contribution in [2.24, 2.45) is 0 Å². The Balaban J connectivity index is 1.69. The SMILES string of the molecule is O=C(O)CCCCCN1CCOCC1C(=O)NC1CC1. The van der Waals surface area contributed by atoms with Gasteiger partial charge < -0.3 is 15.2 Å². The fraction of sp³-hybridized carbons (Fsp3) is 0.857. The van der Waals surface area contributed by atoms with Gasteiger partial charge in [-0.3, -0.25) is 14.5 Å². The molecule has 2 N–H and O–H groups in total. The Morgan fingerprint density at radius 2 is 2.05 bits per heavy atom. The van der Waals surface area contributed by atoms with Crippen molar-refractivity contribution < 1.29 is 19.4 Å². The quantitative estimate of drug-likeness (QED) is 0.639. The van der Waals surface area contributed by atoms with Gasteiger partial charge in [0.25, 0.3) is 0 Å². The molecule has 2 rings (SSSR count). The minimum atomic E-state index is -0.738. The molecule has 0 spiro atoms. The summed E-state index contributed by atoms with van der Waals surface area (Å²) in [6.45, 7) is 2.75. The van der Waals surface area contributed by atoms with Crippen molar-refractivity contribution in [2.75, 3.05) is 26.3 Å². The van der Waals surface area contributed by atoms with Crippen molar-refractivity contribution in [1.29, 1.82) is 0 Å². The van der Waals surface area contributed by atoms with Crippen molar-refractivity contribution in [2.45, 2.75) is 50.6 Å². The molecule has 1 amide bonds. The molecule has 1 saturated heterocycles. The maximum Gasteiger partial charge on any atom is 0.303 e. The third kappa shape index (κ3) is 5.09. The third-order valence-corrected chi connectivity index (χ3v) is 3.80. The topological polar surface area (TPSA) is 78.9 Å². The lowest BCUT2D eigenvalue weighted by Gasteiger charge is -2.34. The second-order valence-electron chi connectivity index (χ2n) is 5.61. The number of rotatable bonds is 8. The first kappa shape index (κ1) is 15.3. The summed E-state index contributed by atoms with van der Waals surface area (Å²) in [6, 6.07) is 0.200. The third-order valence-electron chi connectivity index (χ3n) is 3.80. The molecule has 114 valence electrons. The Kier molecular flexibility index (Phi) is 5.79. The van der Waals surface area contributed by atoms with E-state index in [0.717, 1.165) is 38.8 Å². The summed E-state index contributed by atoms with van der Waals surface area (Å²) in [5, 5.41) is 11.6. The van der Waals surface area contributed by atoms with Gasteiger partial charge in [-0.25, -0.2) is 0 Å². The molecule has 2 fully saturated rings. The van der Waals surface area contributed by atoms with Crippen LogP contribution in [-0.4, -0.2) is 60.3 Å². The molecule has 1 saturated carbocycles. The largest absolute Gasteiger partial charge is 0.481 e. The summed E-state index contributed by atoms with van der Waals surface area (Å²) in [5.74, 6) is -0.657. The normalized spacial score (nSPS) is 23.5. The smallest absolute Gasteiger partial charge is 0.303 e. The summed E-state index contributed by atoms with van der Waals surface area (Å²) in [5.41, 5.74) is 0. The Bertz CT molecular complexity index is 344. The highest BCUT2D eigenvalue weighted by molar-refractivity contribution is 5.82. The molecule has 1 atom stereocenters. The monoisotopic (exact) mass is 284 g/mol. The van der Waals surface area contributed by atoms with Crippen LogP contribution in [0.15, 0.2) is 0 Å². The lowest BCUT2D eigenvalue weighted by Crippen LogP contribution is -2.54. The molecule has 0 bridgehead atoms. The number of aliphatic carboxylic acids is 1. The lowest BCUT2D eigenvalue weighted by molar-refractivity contribution is -0.137. The second kappa shape index (κ2) is 7.59. The van der Waals surface area contributed by atoms with E-state index in [-0.39, 0.29) is 18.4 Å². The van der Waals surface area contributed by atoms with Crippen molar-refractivity contribution >= 4 is 11.9 Å². The molecule has 20 heavy (non-hydrogen) atoms. The minimum absolute atomic E-state index is 0.0812. The summed E-state index contributed by atoms with van der Waals surface area (Å²) >= 11 is 0. The van der Waals surface area contributed by atoms with Crippen molar-refractivity contribution in [1.82, 2.24) is 10.2 Å². The number of hydrogen-bond donors (Lipinski definition) is 2. The molecule has 1 aliphatic heterocycles. The molecule has 1 heterocycles. The number of carbonyl (C=O) groups excluding carboxylic acids is 1. The van der Waals surface area contributed by atoms with Gasteiger partial charge in [0.1, 0.15) is 6.04 Å². The van der Waals surface area contributed by atoms with E-state index in [0.29, 0.717) is 25.7 Å². The number of morpholine rings is 1. The number of carbonyl (C=O) groups is 2. The number of carboxylic acids is 1. The molecule has 0 radical (unpaired) electrons. The van der Waals surface area contributed by atoms with E-state index in [4.69, 9.17) is 9.84 Å². The highest BCUT2D eigenvalue weighted by atomic mass is 16.5. The van der Waals surface area contributed by atoms with Gasteiger partial charge in [0.15, 0.2) is 0 Å². The molecular formula is C14H24N2O4. The van der Waals surface area contributed by atoms with Crippen LogP contribution in [0.5, 0.6) is 0 Å². The van der Waals surface area contributed by atoms with Crippen molar-refractivity contribution in [3.63, 3.8) is 0 Å². The van der Waals surface area contributed by atoms with E-state index < -0.39 is 5.97 Å². The zero-order chi connectivity index (χ0) is 14.4. The van der Waals surface area contributed by atoms with Crippen LogP contribution in [0.4, 0.5) is 0 Å². The number of carboxylic acid groups (broad SMARTS) is 1. The van der Waals surface area contributed by atoms with E-state index in [1.807, 2.05) is 0 Å². The van der Waals surface area contributed by atoms with Gasteiger partial charge in [-0.1, -0.05) is 6.42 Å². The number of hydrogen-bond acceptors (Lipinski definition) is 4. The van der Waals surface area contributed by atoms with E-state index in [2.05, 4.69) is 10.2 Å². The molecular weight excluding hydrogens is 260 g/mol. The number of ether oxygens (including phenoxy) is 1. The number of unbranched alkanes of at least 4 members (excludes halogenated alkanes) is 2. The lowest BCUT2D eigenvalue weighted by atomic mass is 10.1. The van der Waals surface area contributed by atoms with Crippen LogP contribution in [0, 0.1) is 0 Å². The highest BCUT2D eigenvalue weighted by Crippen LogP contribution is 2.19. The van der Waals surface area contributed by atoms with Crippen molar-refractivity contribution in [3.05, 3.63) is 0 Å². The van der Waals surface area contributed by atoms with E-state index in [1.165, 1.54) is 0 Å². The summed E-state index contributed by atoms with van der Waals surface area (Å²) < 4.78 is 5.41. The van der Waals surface area contributed by atoms with Gasteiger partial charge in [-0.15, -0.1) is 0 Å². The zero-order valence-electron chi connectivity index (χ0n) is 11.8. The number of amides is 1. The maximum atomic E-state index is 12.1. The number of nitrogens with one attached hydrogen (secondary N) is 1. The summed E-state index contributed by atoms with van der Waals surface area (Å²) in [6.07, 6.45) is 4.94. The van der Waals surface area contributed by atoms with Gasteiger partial charge >= 0.3 is 5.97 Å². The Hall–Kier alpha value is -1.14. The van der Waals surface area contributed by atoms with E-state index in [1.54, 1.807) is 0 Å². The Labute approximate surface area is 119 Å². The van der Waals surface area contributed by atoms with Gasteiger partial charge in [0, 0.05) is 19.0 Å². The standard InChI is InChI=1S/C14H24N2O4/c17-13(18)4-2-1-3-7-16-8-9-20-10-12(16)14(19)15-11-5-6-11/h11-12H,1-10H2,(H,15,19)(H,17,18).